The lowest BCUT2D eigenvalue weighted by molar-refractivity contribution is 0.355. The van der Waals surface area contributed by atoms with Crippen molar-refractivity contribution in [3.05, 3.63) is 39.9 Å². The van der Waals surface area contributed by atoms with Crippen LogP contribution in [0.4, 0.5) is 0 Å². The molecule has 0 saturated heterocycles. The van der Waals surface area contributed by atoms with Gasteiger partial charge in [0.05, 0.1) is 0 Å². The first-order chi connectivity index (χ1) is 7.90. The monoisotopic (exact) mass is 297 g/mol. The average Bonchev–Trinajstić information content (AvgIpc) is 2.14. The third kappa shape index (κ3) is 4.52. The molecular formula is C14H20BrNO. The molecule has 2 nitrogen and oxygen atoms in total. The van der Waals surface area contributed by atoms with Crippen LogP contribution in [0.25, 0.3) is 0 Å². The molecule has 0 aliphatic carbocycles. The van der Waals surface area contributed by atoms with E-state index < -0.39 is 0 Å². The maximum absolute atomic E-state index is 5.81. The first kappa shape index (κ1) is 14.3. The standard InChI is InChI=1S/C14H20BrNO/c1-9-5-13(7-12(4)16)6-10(2)14(9)17-8-11(3)15/h5-6,12H,3,7-8,16H2,1-2,4H3. The van der Waals surface area contributed by atoms with Crippen LogP contribution in [0.1, 0.15) is 23.6 Å². The molecule has 0 aliphatic heterocycles. The molecule has 0 radical (unpaired) electrons. The van der Waals surface area contributed by atoms with Crippen LogP contribution < -0.4 is 10.5 Å². The van der Waals surface area contributed by atoms with Crippen molar-refractivity contribution in [2.75, 3.05) is 6.61 Å². The molecule has 1 aromatic carbocycles. The predicted molar refractivity (Wildman–Crippen MR) is 76.8 cm³/mol. The Morgan fingerprint density at radius 3 is 2.35 bits per heavy atom. The second kappa shape index (κ2) is 6.22. The minimum absolute atomic E-state index is 0.183. The summed E-state index contributed by atoms with van der Waals surface area (Å²) in [7, 11) is 0. The fourth-order valence-corrected chi connectivity index (χ4v) is 2.02. The van der Waals surface area contributed by atoms with E-state index in [2.05, 4.69) is 48.5 Å². The molecule has 1 aromatic rings. The van der Waals surface area contributed by atoms with E-state index in [1.165, 1.54) is 5.56 Å². The molecule has 17 heavy (non-hydrogen) atoms. The molecule has 0 fully saturated rings. The Balaban J connectivity index is 2.90. The molecule has 0 amide bonds. The van der Waals surface area contributed by atoms with Gasteiger partial charge in [-0.1, -0.05) is 34.6 Å². The second-order valence-corrected chi connectivity index (χ2v) is 5.67. The number of hydrogen-bond donors (Lipinski definition) is 1. The summed E-state index contributed by atoms with van der Waals surface area (Å²) in [6, 6.07) is 4.47. The van der Waals surface area contributed by atoms with Gasteiger partial charge in [0.2, 0.25) is 0 Å². The molecule has 1 atom stereocenters. The Bertz CT molecular complexity index is 390. The summed E-state index contributed by atoms with van der Waals surface area (Å²) in [5.41, 5.74) is 9.37. The number of halogens is 1. The fourth-order valence-electron chi connectivity index (χ4n) is 1.91. The first-order valence-corrected chi connectivity index (χ1v) is 6.51. The Kier molecular flexibility index (Phi) is 5.22. The van der Waals surface area contributed by atoms with Crippen molar-refractivity contribution in [1.29, 1.82) is 0 Å². The summed E-state index contributed by atoms with van der Waals surface area (Å²) in [5.74, 6) is 0.944. The minimum atomic E-state index is 0.183. The van der Waals surface area contributed by atoms with Gasteiger partial charge in [0, 0.05) is 10.5 Å². The summed E-state index contributed by atoms with van der Waals surface area (Å²) in [6.07, 6.45) is 0.896. The smallest absolute Gasteiger partial charge is 0.125 e. The number of benzene rings is 1. The molecule has 1 unspecified atom stereocenters. The number of nitrogens with two attached hydrogens (primary N) is 1. The van der Waals surface area contributed by atoms with Crippen LogP contribution in [0.2, 0.25) is 0 Å². The van der Waals surface area contributed by atoms with E-state index in [0.717, 1.165) is 27.8 Å². The van der Waals surface area contributed by atoms with Crippen molar-refractivity contribution in [2.24, 2.45) is 5.73 Å². The molecular weight excluding hydrogens is 278 g/mol. The van der Waals surface area contributed by atoms with Crippen molar-refractivity contribution in [3.8, 4) is 5.75 Å². The Morgan fingerprint density at radius 1 is 1.41 bits per heavy atom. The SMILES string of the molecule is C=C(Br)COc1c(C)cc(CC(C)N)cc1C. The summed E-state index contributed by atoms with van der Waals surface area (Å²) >= 11 is 3.29. The van der Waals surface area contributed by atoms with Crippen molar-refractivity contribution in [2.45, 2.75) is 33.2 Å². The van der Waals surface area contributed by atoms with Crippen LogP contribution in [0.5, 0.6) is 5.75 Å². The van der Waals surface area contributed by atoms with Crippen molar-refractivity contribution < 1.29 is 4.74 Å². The largest absolute Gasteiger partial charge is 0.488 e. The van der Waals surface area contributed by atoms with Gasteiger partial charge in [0.25, 0.3) is 0 Å². The van der Waals surface area contributed by atoms with E-state index in [-0.39, 0.29) is 6.04 Å². The average molecular weight is 298 g/mol. The molecule has 1 rings (SSSR count). The van der Waals surface area contributed by atoms with E-state index in [0.29, 0.717) is 6.61 Å². The van der Waals surface area contributed by atoms with Crippen LogP contribution in [0.15, 0.2) is 23.2 Å². The van der Waals surface area contributed by atoms with Crippen LogP contribution in [0.3, 0.4) is 0 Å². The summed E-state index contributed by atoms with van der Waals surface area (Å²) < 4.78 is 6.55. The lowest BCUT2D eigenvalue weighted by Crippen LogP contribution is -2.18. The van der Waals surface area contributed by atoms with Gasteiger partial charge in [-0.2, -0.15) is 0 Å². The van der Waals surface area contributed by atoms with Crippen molar-refractivity contribution >= 4 is 15.9 Å². The molecule has 0 heterocycles. The summed E-state index contributed by atoms with van der Waals surface area (Å²) in [5, 5.41) is 0. The molecule has 0 aromatic heterocycles. The number of rotatable bonds is 5. The number of hydrogen-bond acceptors (Lipinski definition) is 2. The van der Waals surface area contributed by atoms with Gasteiger partial charge in [-0.25, -0.2) is 0 Å². The van der Waals surface area contributed by atoms with E-state index in [1.807, 2.05) is 6.92 Å². The second-order valence-electron chi connectivity index (χ2n) is 4.55. The highest BCUT2D eigenvalue weighted by Gasteiger charge is 2.08. The van der Waals surface area contributed by atoms with Crippen LogP contribution in [-0.2, 0) is 6.42 Å². The van der Waals surface area contributed by atoms with Crippen molar-refractivity contribution in [3.63, 3.8) is 0 Å². The Morgan fingerprint density at radius 2 is 1.94 bits per heavy atom. The van der Waals surface area contributed by atoms with Gasteiger partial charge >= 0.3 is 0 Å². The highest BCUT2D eigenvalue weighted by molar-refractivity contribution is 9.11. The number of ether oxygens (including phenoxy) is 1. The van der Waals surface area contributed by atoms with Crippen LogP contribution >= 0.6 is 15.9 Å². The summed E-state index contributed by atoms with van der Waals surface area (Å²) in [4.78, 5) is 0. The van der Waals surface area contributed by atoms with Gasteiger partial charge in [-0.3, -0.25) is 0 Å². The topological polar surface area (TPSA) is 35.2 Å². The zero-order valence-corrected chi connectivity index (χ0v) is 12.3. The third-order valence-electron chi connectivity index (χ3n) is 2.45. The highest BCUT2D eigenvalue weighted by Crippen LogP contribution is 2.26. The predicted octanol–water partition coefficient (Wildman–Crippen LogP) is 3.48. The maximum atomic E-state index is 5.81. The summed E-state index contributed by atoms with van der Waals surface area (Å²) in [6.45, 7) is 10.4. The lowest BCUT2D eigenvalue weighted by Gasteiger charge is -2.14. The van der Waals surface area contributed by atoms with Gasteiger partial charge < -0.3 is 10.5 Å². The molecule has 2 N–H and O–H groups in total. The number of aryl methyl sites for hydroxylation is 2. The zero-order chi connectivity index (χ0) is 13.0. The molecule has 3 heteroatoms. The molecule has 0 saturated carbocycles. The zero-order valence-electron chi connectivity index (χ0n) is 10.7. The molecule has 0 bridgehead atoms. The van der Waals surface area contributed by atoms with E-state index >= 15 is 0 Å². The third-order valence-corrected chi connectivity index (χ3v) is 2.68. The minimum Gasteiger partial charge on any atom is -0.488 e. The van der Waals surface area contributed by atoms with E-state index in [1.54, 1.807) is 0 Å². The van der Waals surface area contributed by atoms with Gasteiger partial charge in [0.15, 0.2) is 0 Å². The van der Waals surface area contributed by atoms with Crippen molar-refractivity contribution in [1.82, 2.24) is 0 Å². The maximum Gasteiger partial charge on any atom is 0.125 e. The first-order valence-electron chi connectivity index (χ1n) is 5.72. The Hall–Kier alpha value is -0.800. The van der Waals surface area contributed by atoms with Crippen LogP contribution in [0, 0.1) is 13.8 Å². The highest BCUT2D eigenvalue weighted by atomic mass is 79.9. The quantitative estimate of drug-likeness (QED) is 0.903. The van der Waals surface area contributed by atoms with Crippen LogP contribution in [-0.4, -0.2) is 12.6 Å². The van der Waals surface area contributed by atoms with Gasteiger partial charge in [-0.05, 0) is 43.9 Å². The molecule has 94 valence electrons. The molecule has 0 aliphatic rings. The Labute approximate surface area is 112 Å². The van der Waals surface area contributed by atoms with E-state index in [9.17, 15) is 0 Å². The van der Waals surface area contributed by atoms with Gasteiger partial charge in [-0.15, -0.1) is 0 Å². The van der Waals surface area contributed by atoms with Gasteiger partial charge in [0.1, 0.15) is 12.4 Å². The van der Waals surface area contributed by atoms with E-state index in [4.69, 9.17) is 10.5 Å². The lowest BCUT2D eigenvalue weighted by atomic mass is 10.0. The normalized spacial score (nSPS) is 12.3. The fraction of sp³-hybridized carbons (Fsp3) is 0.429. The molecule has 0 spiro atoms.